The van der Waals surface area contributed by atoms with Crippen LogP contribution >= 0.6 is 11.6 Å². The average molecular weight is 212 g/mol. The summed E-state index contributed by atoms with van der Waals surface area (Å²) < 4.78 is 0. The van der Waals surface area contributed by atoms with Crippen molar-refractivity contribution in [2.24, 2.45) is 0 Å². The molecule has 3 nitrogen and oxygen atoms in total. The number of benzene rings is 1. The Kier molecular flexibility index (Phi) is 3.25. The highest BCUT2D eigenvalue weighted by Crippen LogP contribution is 2.15. The van der Waals surface area contributed by atoms with Gasteiger partial charge in [-0.25, -0.2) is 0 Å². The van der Waals surface area contributed by atoms with E-state index in [4.69, 9.17) is 17.3 Å². The monoisotopic (exact) mass is 211 g/mol. The van der Waals surface area contributed by atoms with Gasteiger partial charge < -0.3 is 5.73 Å². The van der Waals surface area contributed by atoms with Crippen molar-refractivity contribution in [2.45, 2.75) is 6.92 Å². The Morgan fingerprint density at radius 3 is 2.57 bits per heavy atom. The number of ketones is 2. The second-order valence-electron chi connectivity index (χ2n) is 2.92. The molecule has 0 saturated carbocycles. The van der Waals surface area contributed by atoms with Crippen LogP contribution in [0.25, 0.3) is 0 Å². The SMILES string of the molecule is CC(=O)c1cc(C(=O)CCl)ccc1N. The second-order valence-corrected chi connectivity index (χ2v) is 3.18. The number of alkyl halides is 1. The largest absolute Gasteiger partial charge is 0.398 e. The van der Waals surface area contributed by atoms with Gasteiger partial charge in [-0.2, -0.15) is 0 Å². The number of carbonyl (C=O) groups excluding carboxylic acids is 2. The van der Waals surface area contributed by atoms with E-state index >= 15 is 0 Å². The van der Waals surface area contributed by atoms with Gasteiger partial charge in [-0.15, -0.1) is 11.6 Å². The van der Waals surface area contributed by atoms with Crippen LogP contribution in [0.2, 0.25) is 0 Å². The van der Waals surface area contributed by atoms with Gasteiger partial charge in [0.05, 0.1) is 5.88 Å². The van der Waals surface area contributed by atoms with E-state index in [-0.39, 0.29) is 17.4 Å². The lowest BCUT2D eigenvalue weighted by Gasteiger charge is -2.03. The molecule has 0 radical (unpaired) electrons. The summed E-state index contributed by atoms with van der Waals surface area (Å²) in [5.41, 5.74) is 6.72. The molecule has 1 aromatic rings. The molecule has 0 amide bonds. The van der Waals surface area contributed by atoms with E-state index in [1.807, 2.05) is 0 Å². The predicted molar refractivity (Wildman–Crippen MR) is 55.9 cm³/mol. The minimum Gasteiger partial charge on any atom is -0.398 e. The number of Topliss-reactive ketones (excluding diaryl/α,β-unsaturated/α-hetero) is 2. The Morgan fingerprint density at radius 1 is 1.43 bits per heavy atom. The molecule has 4 heteroatoms. The Balaban J connectivity index is 3.19. The Labute approximate surface area is 86.9 Å². The third-order valence-corrected chi connectivity index (χ3v) is 2.12. The van der Waals surface area contributed by atoms with Gasteiger partial charge in [0.2, 0.25) is 0 Å². The molecule has 0 aromatic heterocycles. The minimum atomic E-state index is -0.214. The fraction of sp³-hybridized carbons (Fsp3) is 0.200. The van der Waals surface area contributed by atoms with E-state index in [0.29, 0.717) is 16.8 Å². The number of nitrogen functional groups attached to an aromatic ring is 1. The zero-order valence-corrected chi connectivity index (χ0v) is 8.47. The van der Waals surface area contributed by atoms with Crippen molar-refractivity contribution in [1.29, 1.82) is 0 Å². The van der Waals surface area contributed by atoms with Crippen molar-refractivity contribution in [2.75, 3.05) is 11.6 Å². The van der Waals surface area contributed by atoms with Crippen LogP contribution in [0.1, 0.15) is 27.6 Å². The smallest absolute Gasteiger partial charge is 0.177 e. The maximum Gasteiger partial charge on any atom is 0.177 e. The summed E-state index contributed by atoms with van der Waals surface area (Å²) in [5.74, 6) is -0.470. The maximum atomic E-state index is 11.2. The molecule has 0 aliphatic rings. The van der Waals surface area contributed by atoms with Crippen molar-refractivity contribution in [1.82, 2.24) is 0 Å². The van der Waals surface area contributed by atoms with Gasteiger partial charge in [0.1, 0.15) is 0 Å². The number of nitrogens with two attached hydrogens (primary N) is 1. The van der Waals surface area contributed by atoms with Gasteiger partial charge in [0.25, 0.3) is 0 Å². The Morgan fingerprint density at radius 2 is 2.07 bits per heavy atom. The average Bonchev–Trinajstić information content (AvgIpc) is 2.17. The van der Waals surface area contributed by atoms with Crippen LogP contribution in [-0.2, 0) is 0 Å². The first-order chi connectivity index (χ1) is 6.56. The molecule has 74 valence electrons. The third-order valence-electron chi connectivity index (χ3n) is 1.88. The minimum absolute atomic E-state index is 0.0960. The summed E-state index contributed by atoms with van der Waals surface area (Å²) in [5, 5.41) is 0. The zero-order chi connectivity index (χ0) is 10.7. The molecule has 1 aromatic carbocycles. The lowest BCUT2D eigenvalue weighted by molar-refractivity contribution is 0.101. The highest BCUT2D eigenvalue weighted by Gasteiger charge is 2.09. The van der Waals surface area contributed by atoms with E-state index in [2.05, 4.69) is 0 Å². The molecule has 0 bridgehead atoms. The molecule has 0 heterocycles. The number of hydrogen-bond donors (Lipinski definition) is 1. The summed E-state index contributed by atoms with van der Waals surface area (Å²) in [4.78, 5) is 22.3. The van der Waals surface area contributed by atoms with Crippen molar-refractivity contribution in [3.8, 4) is 0 Å². The number of halogens is 1. The molecule has 1 rings (SSSR count). The molecule has 0 unspecified atom stereocenters. The zero-order valence-electron chi connectivity index (χ0n) is 7.71. The molecule has 0 spiro atoms. The highest BCUT2D eigenvalue weighted by atomic mass is 35.5. The maximum absolute atomic E-state index is 11.2. The van der Waals surface area contributed by atoms with Crippen LogP contribution in [0.3, 0.4) is 0 Å². The van der Waals surface area contributed by atoms with Gasteiger partial charge >= 0.3 is 0 Å². The van der Waals surface area contributed by atoms with Crippen molar-refractivity contribution < 1.29 is 9.59 Å². The molecule has 0 saturated heterocycles. The van der Waals surface area contributed by atoms with Crippen LogP contribution in [0, 0.1) is 0 Å². The molecular weight excluding hydrogens is 202 g/mol. The Hall–Kier alpha value is -1.35. The number of hydrogen-bond acceptors (Lipinski definition) is 3. The fourth-order valence-corrected chi connectivity index (χ4v) is 1.27. The van der Waals surface area contributed by atoms with Crippen LogP contribution in [-0.4, -0.2) is 17.4 Å². The summed E-state index contributed by atoms with van der Waals surface area (Å²) >= 11 is 5.39. The lowest BCUT2D eigenvalue weighted by Crippen LogP contribution is -2.05. The first-order valence-corrected chi connectivity index (χ1v) is 4.59. The first kappa shape index (κ1) is 10.7. The van der Waals surface area contributed by atoms with Crippen molar-refractivity contribution in [3.63, 3.8) is 0 Å². The molecule has 0 aliphatic carbocycles. The molecular formula is C10H10ClNO2. The van der Waals surface area contributed by atoms with Crippen molar-refractivity contribution >= 4 is 28.9 Å². The number of rotatable bonds is 3. The summed E-state index contributed by atoms with van der Waals surface area (Å²) in [6, 6.07) is 4.57. The Bertz CT molecular complexity index is 388. The first-order valence-electron chi connectivity index (χ1n) is 4.06. The number of anilines is 1. The summed E-state index contributed by atoms with van der Waals surface area (Å²) in [7, 11) is 0. The molecule has 0 fully saturated rings. The van der Waals surface area contributed by atoms with E-state index in [9.17, 15) is 9.59 Å². The van der Waals surface area contributed by atoms with Gasteiger partial charge in [-0.05, 0) is 25.1 Å². The van der Waals surface area contributed by atoms with Crippen LogP contribution in [0.4, 0.5) is 5.69 Å². The van der Waals surface area contributed by atoms with Crippen LogP contribution in [0.15, 0.2) is 18.2 Å². The number of carbonyl (C=O) groups is 2. The van der Waals surface area contributed by atoms with Gasteiger partial charge in [0.15, 0.2) is 11.6 Å². The van der Waals surface area contributed by atoms with Gasteiger partial charge in [-0.1, -0.05) is 0 Å². The summed E-state index contributed by atoms with van der Waals surface area (Å²) in [6.07, 6.45) is 0. The quantitative estimate of drug-likeness (QED) is 0.472. The molecule has 0 atom stereocenters. The van der Waals surface area contributed by atoms with E-state index in [1.54, 1.807) is 6.07 Å². The van der Waals surface area contributed by atoms with Gasteiger partial charge in [0, 0.05) is 16.8 Å². The topological polar surface area (TPSA) is 60.2 Å². The highest BCUT2D eigenvalue weighted by molar-refractivity contribution is 6.30. The third kappa shape index (κ3) is 2.12. The molecule has 0 aliphatic heterocycles. The van der Waals surface area contributed by atoms with E-state index in [1.165, 1.54) is 19.1 Å². The normalized spacial score (nSPS) is 9.86. The second kappa shape index (κ2) is 4.24. The van der Waals surface area contributed by atoms with E-state index < -0.39 is 0 Å². The van der Waals surface area contributed by atoms with Gasteiger partial charge in [-0.3, -0.25) is 9.59 Å². The molecule has 2 N–H and O–H groups in total. The lowest BCUT2D eigenvalue weighted by atomic mass is 10.0. The molecule has 14 heavy (non-hydrogen) atoms. The van der Waals surface area contributed by atoms with Crippen LogP contribution < -0.4 is 5.73 Å². The summed E-state index contributed by atoms with van der Waals surface area (Å²) in [6.45, 7) is 1.40. The standard InChI is InChI=1S/C10H10ClNO2/c1-6(13)8-4-7(10(14)5-11)2-3-9(8)12/h2-4H,5,12H2,1H3. The van der Waals surface area contributed by atoms with E-state index in [0.717, 1.165) is 0 Å². The van der Waals surface area contributed by atoms with Crippen LogP contribution in [0.5, 0.6) is 0 Å². The predicted octanol–water partition coefficient (Wildman–Crippen LogP) is 1.89. The fourth-order valence-electron chi connectivity index (χ4n) is 1.11. The van der Waals surface area contributed by atoms with Crippen molar-refractivity contribution in [3.05, 3.63) is 29.3 Å².